The Morgan fingerprint density at radius 3 is 2.79 bits per heavy atom. The minimum atomic E-state index is 0. The quantitative estimate of drug-likeness (QED) is 0.296. The molecule has 0 amide bonds. The molecular weight excluding hydrogens is 463 g/mol. The van der Waals surface area contributed by atoms with E-state index in [9.17, 15) is 0 Å². The Kier molecular flexibility index (Phi) is 7.19. The van der Waals surface area contributed by atoms with Crippen molar-refractivity contribution in [3.63, 3.8) is 0 Å². The molecule has 0 saturated carbocycles. The fraction of sp³-hybridized carbons (Fsp3) is 0.318. The Hall–Kier alpha value is -2.22. The zero-order valence-corrected chi connectivity index (χ0v) is 18.4. The van der Waals surface area contributed by atoms with Crippen LogP contribution in [0.5, 0.6) is 5.75 Å². The molecule has 6 heteroatoms. The molecular formula is C22H27IN4O. The number of nitrogens with one attached hydrogen (secondary N) is 2. The van der Waals surface area contributed by atoms with Crippen molar-refractivity contribution in [1.29, 1.82) is 0 Å². The normalized spacial score (nSPS) is 18.1. The highest BCUT2D eigenvalue weighted by atomic mass is 127. The number of halogens is 1. The highest BCUT2D eigenvalue weighted by Crippen LogP contribution is 2.31. The first-order valence-corrected chi connectivity index (χ1v) is 9.51. The second-order valence-corrected chi connectivity index (χ2v) is 6.84. The monoisotopic (exact) mass is 490 g/mol. The van der Waals surface area contributed by atoms with Crippen LogP contribution in [0.15, 0.2) is 65.7 Å². The van der Waals surface area contributed by atoms with E-state index >= 15 is 0 Å². The zero-order valence-electron chi connectivity index (χ0n) is 16.1. The molecule has 0 aliphatic carbocycles. The predicted molar refractivity (Wildman–Crippen MR) is 126 cm³/mol. The van der Waals surface area contributed by atoms with Crippen LogP contribution in [0.4, 0.5) is 5.69 Å². The Balaban J connectivity index is 0.00000225. The number of ether oxygens (including phenoxy) is 1. The average molecular weight is 490 g/mol. The molecule has 0 aromatic heterocycles. The van der Waals surface area contributed by atoms with Crippen LogP contribution in [0, 0.1) is 0 Å². The molecule has 0 radical (unpaired) electrons. The highest BCUT2D eigenvalue weighted by Gasteiger charge is 2.21. The number of hydrogen-bond donors (Lipinski definition) is 2. The van der Waals surface area contributed by atoms with Gasteiger partial charge in [-0.3, -0.25) is 4.99 Å². The molecule has 0 saturated heterocycles. The van der Waals surface area contributed by atoms with Gasteiger partial charge in [-0.05, 0) is 23.8 Å². The number of nitrogens with zero attached hydrogens (tertiary/aromatic N) is 2. The van der Waals surface area contributed by atoms with Crippen molar-refractivity contribution in [2.24, 2.45) is 4.99 Å². The maximum Gasteiger partial charge on any atom is 0.191 e. The summed E-state index contributed by atoms with van der Waals surface area (Å²) < 4.78 is 5.75. The third-order valence-electron chi connectivity index (χ3n) is 5.05. The van der Waals surface area contributed by atoms with E-state index < -0.39 is 0 Å². The van der Waals surface area contributed by atoms with E-state index in [1.54, 1.807) is 0 Å². The first kappa shape index (κ1) is 20.5. The van der Waals surface area contributed by atoms with Gasteiger partial charge >= 0.3 is 0 Å². The molecule has 4 rings (SSSR count). The van der Waals surface area contributed by atoms with E-state index in [1.165, 1.54) is 16.8 Å². The van der Waals surface area contributed by atoms with Gasteiger partial charge in [0.05, 0.1) is 12.6 Å². The molecule has 2 heterocycles. The van der Waals surface area contributed by atoms with Crippen LogP contribution in [0.1, 0.15) is 23.6 Å². The van der Waals surface area contributed by atoms with Crippen molar-refractivity contribution in [1.82, 2.24) is 10.6 Å². The summed E-state index contributed by atoms with van der Waals surface area (Å²) in [5.41, 5.74) is 3.70. The second-order valence-electron chi connectivity index (χ2n) is 6.84. The van der Waals surface area contributed by atoms with Gasteiger partial charge in [-0.2, -0.15) is 0 Å². The summed E-state index contributed by atoms with van der Waals surface area (Å²) >= 11 is 0. The first-order valence-electron chi connectivity index (χ1n) is 9.51. The second kappa shape index (κ2) is 9.82. The molecule has 5 nitrogen and oxygen atoms in total. The number of anilines is 1. The van der Waals surface area contributed by atoms with Gasteiger partial charge in [0.25, 0.3) is 0 Å². The van der Waals surface area contributed by atoms with E-state index in [1.807, 2.05) is 19.2 Å². The molecule has 148 valence electrons. The summed E-state index contributed by atoms with van der Waals surface area (Å²) in [4.78, 5) is 6.76. The van der Waals surface area contributed by atoms with Crippen molar-refractivity contribution in [3.8, 4) is 5.75 Å². The lowest BCUT2D eigenvalue weighted by Crippen LogP contribution is -2.40. The van der Waals surface area contributed by atoms with Gasteiger partial charge in [0, 0.05) is 44.4 Å². The summed E-state index contributed by atoms with van der Waals surface area (Å²) in [6.45, 7) is 3.43. The first-order chi connectivity index (χ1) is 13.3. The maximum atomic E-state index is 5.75. The molecule has 0 fully saturated rings. The van der Waals surface area contributed by atoms with Crippen LogP contribution < -0.4 is 20.3 Å². The third kappa shape index (κ3) is 4.79. The molecule has 0 bridgehead atoms. The largest absolute Gasteiger partial charge is 0.493 e. The number of guanidine groups is 1. The Morgan fingerprint density at radius 1 is 1.14 bits per heavy atom. The van der Waals surface area contributed by atoms with Gasteiger partial charge in [-0.1, -0.05) is 42.5 Å². The van der Waals surface area contributed by atoms with Crippen LogP contribution in [0.3, 0.4) is 0 Å². The van der Waals surface area contributed by atoms with Crippen molar-refractivity contribution in [2.75, 3.05) is 31.6 Å². The lowest BCUT2D eigenvalue weighted by molar-refractivity contribution is 0.261. The summed E-state index contributed by atoms with van der Waals surface area (Å²) in [5, 5.41) is 6.99. The van der Waals surface area contributed by atoms with Crippen LogP contribution in [0.25, 0.3) is 0 Å². The van der Waals surface area contributed by atoms with E-state index in [-0.39, 0.29) is 30.0 Å². The fourth-order valence-electron chi connectivity index (χ4n) is 3.59. The summed E-state index contributed by atoms with van der Waals surface area (Å²) in [7, 11) is 1.81. The lowest BCUT2D eigenvalue weighted by Gasteiger charge is -2.28. The molecule has 1 atom stereocenters. The summed E-state index contributed by atoms with van der Waals surface area (Å²) in [6, 6.07) is 17.1. The van der Waals surface area contributed by atoms with E-state index in [0.717, 1.165) is 44.4 Å². The SMILES string of the molecule is CN=C(NCc1cccc(N2CC=CC2)c1)NC1CCOc2ccccc21.I. The number of benzene rings is 2. The highest BCUT2D eigenvalue weighted by molar-refractivity contribution is 14.0. The average Bonchev–Trinajstić information content (AvgIpc) is 3.26. The van der Waals surface area contributed by atoms with E-state index in [2.05, 4.69) is 69.1 Å². The van der Waals surface area contributed by atoms with Crippen molar-refractivity contribution >= 4 is 35.6 Å². The molecule has 1 unspecified atom stereocenters. The molecule has 28 heavy (non-hydrogen) atoms. The molecule has 2 aliphatic heterocycles. The Labute approximate surface area is 183 Å². The standard InChI is InChI=1S/C22H26N4O.HI/c1-23-22(25-20-11-14-27-21-10-3-2-9-19(20)21)24-16-17-7-6-8-18(15-17)26-12-4-5-13-26;/h2-10,15,20H,11-14,16H2,1H3,(H2,23,24,25);1H. The van der Waals surface area contributed by atoms with Gasteiger partial charge in [0.1, 0.15) is 5.75 Å². The minimum Gasteiger partial charge on any atom is -0.493 e. The lowest BCUT2D eigenvalue weighted by atomic mass is 10.0. The Morgan fingerprint density at radius 2 is 1.96 bits per heavy atom. The third-order valence-corrected chi connectivity index (χ3v) is 5.05. The van der Waals surface area contributed by atoms with Gasteiger partial charge in [0.2, 0.25) is 0 Å². The molecule has 2 aliphatic rings. The van der Waals surface area contributed by atoms with E-state index in [4.69, 9.17) is 4.74 Å². The Bertz CT molecular complexity index is 844. The topological polar surface area (TPSA) is 48.9 Å². The van der Waals surface area contributed by atoms with Crippen molar-refractivity contribution < 1.29 is 4.74 Å². The van der Waals surface area contributed by atoms with Gasteiger partial charge in [-0.15, -0.1) is 24.0 Å². The molecule has 2 N–H and O–H groups in total. The summed E-state index contributed by atoms with van der Waals surface area (Å²) in [5.74, 6) is 1.77. The predicted octanol–water partition coefficient (Wildman–Crippen LogP) is 3.87. The van der Waals surface area contributed by atoms with Crippen LogP contribution in [-0.4, -0.2) is 32.7 Å². The summed E-state index contributed by atoms with van der Waals surface area (Å²) in [6.07, 6.45) is 5.35. The smallest absolute Gasteiger partial charge is 0.191 e. The van der Waals surface area contributed by atoms with Gasteiger partial charge in [-0.25, -0.2) is 0 Å². The molecule has 0 spiro atoms. The van der Waals surface area contributed by atoms with Crippen LogP contribution in [-0.2, 0) is 6.54 Å². The van der Waals surface area contributed by atoms with Crippen molar-refractivity contribution in [2.45, 2.75) is 19.0 Å². The number of hydrogen-bond acceptors (Lipinski definition) is 3. The van der Waals surface area contributed by atoms with Gasteiger partial charge in [0.15, 0.2) is 5.96 Å². The van der Waals surface area contributed by atoms with Gasteiger partial charge < -0.3 is 20.3 Å². The number of aliphatic imine (C=N–C) groups is 1. The number of rotatable bonds is 4. The minimum absolute atomic E-state index is 0. The molecule has 2 aromatic rings. The molecule has 2 aromatic carbocycles. The fourth-order valence-corrected chi connectivity index (χ4v) is 3.59. The van der Waals surface area contributed by atoms with E-state index in [0.29, 0.717) is 0 Å². The maximum absolute atomic E-state index is 5.75. The zero-order chi connectivity index (χ0) is 18.5. The van der Waals surface area contributed by atoms with Crippen LogP contribution >= 0.6 is 24.0 Å². The number of fused-ring (bicyclic) bond motifs is 1. The van der Waals surface area contributed by atoms with Crippen molar-refractivity contribution in [3.05, 3.63) is 71.8 Å². The van der Waals surface area contributed by atoms with Crippen LogP contribution in [0.2, 0.25) is 0 Å². The number of para-hydroxylation sites is 1.